The van der Waals surface area contributed by atoms with Crippen LogP contribution < -0.4 is 4.74 Å². The molecule has 1 aromatic carbocycles. The number of halogens is 1. The second kappa shape index (κ2) is 7.12. The molecule has 0 aliphatic carbocycles. The van der Waals surface area contributed by atoms with Crippen LogP contribution in [0.2, 0.25) is 0 Å². The summed E-state index contributed by atoms with van der Waals surface area (Å²) >= 11 is 0. The molecule has 0 radical (unpaired) electrons. The van der Waals surface area contributed by atoms with E-state index in [9.17, 15) is 5.11 Å². The molecule has 1 heterocycles. The zero-order chi connectivity index (χ0) is 13.0. The van der Waals surface area contributed by atoms with Crippen molar-refractivity contribution in [3.05, 3.63) is 59.4 Å². The Morgan fingerprint density at radius 1 is 1.21 bits per heavy atom. The van der Waals surface area contributed by atoms with Gasteiger partial charge in [0.25, 0.3) is 0 Å². The summed E-state index contributed by atoms with van der Waals surface area (Å²) in [7, 11) is 0. The number of hydrogen-bond donors (Lipinski definition) is 1. The van der Waals surface area contributed by atoms with E-state index in [0.717, 1.165) is 11.3 Å². The van der Waals surface area contributed by atoms with Crippen LogP contribution in [0.5, 0.6) is 5.75 Å². The quantitative estimate of drug-likeness (QED) is 0.934. The van der Waals surface area contributed by atoms with Crippen LogP contribution in [0.1, 0.15) is 22.9 Å². The van der Waals surface area contributed by atoms with Gasteiger partial charge in [-0.05, 0) is 37.6 Å². The van der Waals surface area contributed by atoms with Crippen molar-refractivity contribution in [2.75, 3.05) is 6.61 Å². The highest BCUT2D eigenvalue weighted by atomic mass is 35.5. The molecule has 2 rings (SSSR count). The van der Waals surface area contributed by atoms with Gasteiger partial charge in [-0.2, -0.15) is 0 Å². The molecule has 3 nitrogen and oxygen atoms in total. The van der Waals surface area contributed by atoms with Crippen molar-refractivity contribution in [1.82, 2.24) is 4.98 Å². The van der Waals surface area contributed by atoms with Crippen molar-refractivity contribution in [2.45, 2.75) is 20.0 Å². The first-order valence-electron chi connectivity index (χ1n) is 5.96. The maximum Gasteiger partial charge on any atom is 0.130 e. The van der Waals surface area contributed by atoms with Gasteiger partial charge in [-0.15, -0.1) is 12.4 Å². The maximum atomic E-state index is 9.94. The fourth-order valence-corrected chi connectivity index (χ4v) is 1.79. The summed E-state index contributed by atoms with van der Waals surface area (Å²) in [5.74, 6) is 0.801. The number of aliphatic hydroxyl groups is 1. The van der Waals surface area contributed by atoms with Crippen LogP contribution in [-0.2, 0) is 0 Å². The van der Waals surface area contributed by atoms with Gasteiger partial charge < -0.3 is 9.84 Å². The number of ether oxygens (including phenoxy) is 1. The van der Waals surface area contributed by atoms with E-state index in [4.69, 9.17) is 4.74 Å². The Kier molecular flexibility index (Phi) is 5.80. The minimum Gasteiger partial charge on any atom is -0.490 e. The molecule has 0 amide bonds. The van der Waals surface area contributed by atoms with E-state index in [1.807, 2.05) is 38.1 Å². The molecule has 0 saturated carbocycles. The average molecular weight is 280 g/mol. The van der Waals surface area contributed by atoms with Gasteiger partial charge in [0.15, 0.2) is 0 Å². The summed E-state index contributed by atoms with van der Waals surface area (Å²) in [5.41, 5.74) is 2.90. The molecule has 2 aromatic rings. The van der Waals surface area contributed by atoms with E-state index < -0.39 is 6.10 Å². The van der Waals surface area contributed by atoms with E-state index in [1.165, 1.54) is 5.56 Å². The van der Waals surface area contributed by atoms with Crippen molar-refractivity contribution in [3.63, 3.8) is 0 Å². The molecule has 1 unspecified atom stereocenters. The summed E-state index contributed by atoms with van der Waals surface area (Å²) in [5, 5.41) is 9.94. The van der Waals surface area contributed by atoms with Crippen LogP contribution in [0.4, 0.5) is 0 Å². The zero-order valence-electron chi connectivity index (χ0n) is 11.0. The Hall–Kier alpha value is -1.58. The van der Waals surface area contributed by atoms with E-state index >= 15 is 0 Å². The van der Waals surface area contributed by atoms with E-state index in [-0.39, 0.29) is 19.0 Å². The number of pyridine rings is 1. The fraction of sp³-hybridized carbons (Fsp3) is 0.267. The van der Waals surface area contributed by atoms with Crippen LogP contribution in [0.3, 0.4) is 0 Å². The van der Waals surface area contributed by atoms with Crippen molar-refractivity contribution in [2.24, 2.45) is 0 Å². The van der Waals surface area contributed by atoms with Crippen molar-refractivity contribution in [1.29, 1.82) is 0 Å². The molecule has 1 N–H and O–H groups in total. The van der Waals surface area contributed by atoms with Crippen molar-refractivity contribution >= 4 is 12.4 Å². The van der Waals surface area contributed by atoms with Gasteiger partial charge in [0.1, 0.15) is 18.5 Å². The monoisotopic (exact) mass is 279 g/mol. The first kappa shape index (κ1) is 15.5. The highest BCUT2D eigenvalue weighted by Crippen LogP contribution is 2.20. The van der Waals surface area contributed by atoms with Gasteiger partial charge in [0, 0.05) is 6.20 Å². The molecule has 0 aliphatic heterocycles. The third-order valence-electron chi connectivity index (χ3n) is 2.76. The third-order valence-corrected chi connectivity index (χ3v) is 2.76. The molecule has 0 aliphatic rings. The Bertz CT molecular complexity index is 517. The van der Waals surface area contributed by atoms with Crippen molar-refractivity contribution < 1.29 is 9.84 Å². The topological polar surface area (TPSA) is 42.4 Å². The van der Waals surface area contributed by atoms with E-state index in [0.29, 0.717) is 5.69 Å². The number of aliphatic hydroxyl groups excluding tert-OH is 1. The molecule has 1 atom stereocenters. The normalized spacial score (nSPS) is 11.5. The Morgan fingerprint density at radius 2 is 2.00 bits per heavy atom. The lowest BCUT2D eigenvalue weighted by molar-refractivity contribution is 0.104. The highest BCUT2D eigenvalue weighted by molar-refractivity contribution is 5.85. The molecule has 0 bridgehead atoms. The molecule has 0 spiro atoms. The van der Waals surface area contributed by atoms with E-state index in [1.54, 1.807) is 12.3 Å². The number of nitrogens with zero attached hydrogens (tertiary/aromatic N) is 1. The van der Waals surface area contributed by atoms with Gasteiger partial charge in [-0.1, -0.05) is 23.8 Å². The predicted octanol–water partition coefficient (Wildman–Crippen LogP) is 3.23. The lowest BCUT2D eigenvalue weighted by Gasteiger charge is -2.13. The molecular formula is C15H18ClNO2. The SMILES string of the molecule is Cc1ccc(OCC(O)c2ccccn2)c(C)c1.Cl. The summed E-state index contributed by atoms with van der Waals surface area (Å²) in [6.45, 7) is 4.25. The average Bonchev–Trinajstić information content (AvgIpc) is 2.38. The summed E-state index contributed by atoms with van der Waals surface area (Å²) in [6, 6.07) is 11.4. The molecule has 1 aromatic heterocycles. The van der Waals surface area contributed by atoms with Gasteiger partial charge in [0.2, 0.25) is 0 Å². The van der Waals surface area contributed by atoms with Gasteiger partial charge in [0.05, 0.1) is 5.69 Å². The molecular weight excluding hydrogens is 262 g/mol. The largest absolute Gasteiger partial charge is 0.490 e. The minimum absolute atomic E-state index is 0. The number of rotatable bonds is 4. The molecule has 4 heteroatoms. The van der Waals surface area contributed by atoms with Crippen molar-refractivity contribution in [3.8, 4) is 5.75 Å². The predicted molar refractivity (Wildman–Crippen MR) is 77.9 cm³/mol. The van der Waals surface area contributed by atoms with E-state index in [2.05, 4.69) is 11.1 Å². The smallest absolute Gasteiger partial charge is 0.130 e. The third kappa shape index (κ3) is 4.23. The van der Waals surface area contributed by atoms with Crippen LogP contribution in [0.25, 0.3) is 0 Å². The first-order chi connectivity index (χ1) is 8.66. The number of aromatic nitrogens is 1. The summed E-state index contributed by atoms with van der Waals surface area (Å²) < 4.78 is 5.62. The molecule has 102 valence electrons. The maximum absolute atomic E-state index is 9.94. The number of hydrogen-bond acceptors (Lipinski definition) is 3. The van der Waals surface area contributed by atoms with Crippen LogP contribution in [0, 0.1) is 13.8 Å². The Morgan fingerprint density at radius 3 is 2.63 bits per heavy atom. The fourth-order valence-electron chi connectivity index (χ4n) is 1.79. The lowest BCUT2D eigenvalue weighted by Crippen LogP contribution is -2.11. The summed E-state index contributed by atoms with van der Waals surface area (Å²) in [4.78, 5) is 4.10. The lowest BCUT2D eigenvalue weighted by atomic mass is 10.1. The molecule has 0 fully saturated rings. The van der Waals surface area contributed by atoms with Gasteiger partial charge in [-0.3, -0.25) is 4.98 Å². The molecule has 0 saturated heterocycles. The Labute approximate surface area is 119 Å². The minimum atomic E-state index is -0.702. The second-order valence-corrected chi connectivity index (χ2v) is 4.35. The van der Waals surface area contributed by atoms with Crippen LogP contribution >= 0.6 is 12.4 Å². The van der Waals surface area contributed by atoms with Crippen LogP contribution in [-0.4, -0.2) is 16.7 Å². The highest BCUT2D eigenvalue weighted by Gasteiger charge is 2.10. The second-order valence-electron chi connectivity index (χ2n) is 4.35. The molecule has 19 heavy (non-hydrogen) atoms. The van der Waals surface area contributed by atoms with Crippen LogP contribution in [0.15, 0.2) is 42.6 Å². The van der Waals surface area contributed by atoms with Gasteiger partial charge >= 0.3 is 0 Å². The van der Waals surface area contributed by atoms with Gasteiger partial charge in [-0.25, -0.2) is 0 Å². The number of aryl methyl sites for hydroxylation is 2. The summed E-state index contributed by atoms with van der Waals surface area (Å²) in [6.07, 6.45) is 0.960. The standard InChI is InChI=1S/C15H17NO2.ClH/c1-11-6-7-15(12(2)9-11)18-10-14(17)13-5-3-4-8-16-13;/h3-9,14,17H,10H2,1-2H3;1H. The Balaban J connectivity index is 0.00000180. The first-order valence-corrected chi connectivity index (χ1v) is 5.96. The number of benzene rings is 1. The zero-order valence-corrected chi connectivity index (χ0v) is 11.9.